The number of alkyl halides is 1. The van der Waals surface area contributed by atoms with Crippen molar-refractivity contribution in [1.29, 1.82) is 0 Å². The number of quaternary nitrogens is 1. The van der Waals surface area contributed by atoms with E-state index in [0.717, 1.165) is 6.54 Å². The Balaban J connectivity index is 0. The molecule has 0 fully saturated rings. The molecule has 3 heteroatoms. The monoisotopic (exact) mass is 497 g/mol. The Bertz CT molecular complexity index is 311. The minimum atomic E-state index is 0. The Hall–Kier alpha value is 0.540. The van der Waals surface area contributed by atoms with Crippen molar-refractivity contribution >= 4 is 22.6 Å². The van der Waals surface area contributed by atoms with Crippen LogP contribution in [0.5, 0.6) is 0 Å². The molecule has 1 atom stereocenters. The summed E-state index contributed by atoms with van der Waals surface area (Å²) in [4.78, 5) is 0. The summed E-state index contributed by atoms with van der Waals surface area (Å²) in [7, 11) is 0. The molecule has 0 aliphatic rings. The maximum Gasteiger partial charge on any atom is 0.141 e. The normalized spacial score (nSPS) is 12.4. The van der Waals surface area contributed by atoms with Crippen molar-refractivity contribution in [2.45, 2.75) is 115 Å². The molecule has 0 saturated carbocycles. The molecule has 0 aromatic rings. The van der Waals surface area contributed by atoms with Crippen LogP contribution in [-0.2, 0) is 0 Å². The fourth-order valence-electron chi connectivity index (χ4n) is 3.76. The van der Waals surface area contributed by atoms with E-state index in [-0.39, 0.29) is 12.4 Å². The van der Waals surface area contributed by atoms with Crippen LogP contribution >= 0.6 is 22.6 Å². The van der Waals surface area contributed by atoms with E-state index in [2.05, 4.69) is 49.3 Å². The Morgan fingerprint density at radius 2 is 1.15 bits per heavy atom. The molecule has 0 heterocycles. The first-order valence-corrected chi connectivity index (χ1v) is 12.3. The maximum absolute atomic E-state index is 5.82. The van der Waals surface area contributed by atoms with Gasteiger partial charge in [0.2, 0.25) is 0 Å². The second kappa shape index (κ2) is 20.3. The summed E-state index contributed by atoms with van der Waals surface area (Å²) in [6.07, 6.45) is 24.9. The fourth-order valence-corrected chi connectivity index (χ4v) is 5.13. The zero-order chi connectivity index (χ0) is 18.8. The number of rotatable bonds is 18. The first kappa shape index (κ1) is 28.7. The van der Waals surface area contributed by atoms with Gasteiger partial charge in [0.05, 0.1) is 13.1 Å². The zero-order valence-electron chi connectivity index (χ0n) is 17.9. The van der Waals surface area contributed by atoms with Gasteiger partial charge < -0.3 is 16.9 Å². The van der Waals surface area contributed by atoms with Crippen LogP contribution in [0.2, 0.25) is 0 Å². The average Bonchev–Trinajstić information content (AvgIpc) is 2.61. The lowest BCUT2D eigenvalue weighted by molar-refractivity contribution is -0.928. The average molecular weight is 498 g/mol. The second-order valence-electron chi connectivity index (χ2n) is 7.79. The molecular weight excluding hydrogens is 453 g/mol. The van der Waals surface area contributed by atoms with Crippen molar-refractivity contribution in [3.63, 3.8) is 0 Å². The lowest BCUT2D eigenvalue weighted by Crippen LogP contribution is -3.00. The van der Waals surface area contributed by atoms with Gasteiger partial charge in [-0.05, 0) is 60.6 Å². The smallest absolute Gasteiger partial charge is 0.141 e. The van der Waals surface area contributed by atoms with Gasteiger partial charge in [-0.25, -0.2) is 0 Å². The lowest BCUT2D eigenvalue weighted by Gasteiger charge is -2.42. The molecule has 26 heavy (non-hydrogen) atoms. The topological polar surface area (TPSA) is 0 Å². The molecule has 0 spiro atoms. The van der Waals surface area contributed by atoms with Crippen LogP contribution in [0.25, 0.3) is 0 Å². The van der Waals surface area contributed by atoms with Crippen LogP contribution < -0.4 is 12.4 Å². The molecule has 156 valence electrons. The molecule has 1 unspecified atom stereocenters. The molecule has 0 aromatic heterocycles. The zero-order valence-corrected chi connectivity index (χ0v) is 20.8. The number of terminal acetylenes is 1. The van der Waals surface area contributed by atoms with Gasteiger partial charge in [-0.2, -0.15) is 0 Å². The highest BCUT2D eigenvalue weighted by Crippen LogP contribution is 2.27. The van der Waals surface area contributed by atoms with Crippen LogP contribution in [0.4, 0.5) is 0 Å². The molecule has 0 aliphatic heterocycles. The van der Waals surface area contributed by atoms with Gasteiger partial charge >= 0.3 is 0 Å². The van der Waals surface area contributed by atoms with Crippen LogP contribution in [0.3, 0.4) is 0 Å². The van der Waals surface area contributed by atoms with Gasteiger partial charge in [-0.15, -0.1) is 6.42 Å². The van der Waals surface area contributed by atoms with E-state index in [9.17, 15) is 0 Å². The van der Waals surface area contributed by atoms with Crippen LogP contribution in [0, 0.1) is 12.3 Å². The van der Waals surface area contributed by atoms with Crippen molar-refractivity contribution in [2.75, 3.05) is 19.6 Å². The maximum atomic E-state index is 5.82. The molecule has 0 aliphatic carbocycles. The van der Waals surface area contributed by atoms with Crippen LogP contribution in [0.1, 0.15) is 111 Å². The highest BCUT2D eigenvalue weighted by atomic mass is 127. The molecule has 0 radical (unpaired) electrons. The number of hydrogen-bond donors (Lipinski definition) is 0. The van der Waals surface area contributed by atoms with Crippen LogP contribution in [-0.4, -0.2) is 28.2 Å². The largest absolute Gasteiger partial charge is 1.00 e. The summed E-state index contributed by atoms with van der Waals surface area (Å²) in [5.74, 6) is 3.04. The van der Waals surface area contributed by atoms with E-state index in [1.807, 2.05) is 0 Å². The SMILES string of the molecule is C#CC[N+](CCCCCCCC)(CCCCCCCC)C(I)CCC.[Cl-]. The molecule has 0 bridgehead atoms. The lowest BCUT2D eigenvalue weighted by atomic mass is 10.1. The minimum absolute atomic E-state index is 0. The van der Waals surface area contributed by atoms with E-state index in [1.54, 1.807) is 0 Å². The molecular formula is C23H45ClIN. The van der Waals surface area contributed by atoms with Crippen molar-refractivity contribution in [2.24, 2.45) is 0 Å². The summed E-state index contributed by atoms with van der Waals surface area (Å²) in [5.41, 5.74) is 0. The van der Waals surface area contributed by atoms with Gasteiger partial charge in [-0.3, -0.25) is 0 Å². The first-order valence-electron chi connectivity index (χ1n) is 11.1. The third kappa shape index (κ3) is 13.7. The van der Waals surface area contributed by atoms with Gasteiger partial charge in [0.1, 0.15) is 10.6 Å². The van der Waals surface area contributed by atoms with Gasteiger partial charge in [0.15, 0.2) is 0 Å². The Morgan fingerprint density at radius 1 is 0.731 bits per heavy atom. The van der Waals surface area contributed by atoms with Crippen molar-refractivity contribution in [3.05, 3.63) is 0 Å². The van der Waals surface area contributed by atoms with Crippen LogP contribution in [0.15, 0.2) is 0 Å². The van der Waals surface area contributed by atoms with Gasteiger partial charge in [-0.1, -0.05) is 72.1 Å². The van der Waals surface area contributed by atoms with E-state index in [4.69, 9.17) is 6.42 Å². The number of hydrogen-bond acceptors (Lipinski definition) is 0. The van der Waals surface area contributed by atoms with Crippen molar-refractivity contribution in [1.82, 2.24) is 0 Å². The summed E-state index contributed by atoms with van der Waals surface area (Å²) in [6.45, 7) is 10.4. The Morgan fingerprint density at radius 3 is 1.54 bits per heavy atom. The molecule has 0 saturated heterocycles. The first-order chi connectivity index (χ1) is 12.2. The number of nitrogens with zero attached hydrogens (tertiary/aromatic N) is 1. The number of halogens is 2. The minimum Gasteiger partial charge on any atom is -1.00 e. The summed E-state index contributed by atoms with van der Waals surface area (Å²) in [6, 6.07) is 0. The molecule has 0 amide bonds. The van der Waals surface area contributed by atoms with Gasteiger partial charge in [0.25, 0.3) is 0 Å². The van der Waals surface area contributed by atoms with Crippen molar-refractivity contribution in [3.8, 4) is 12.3 Å². The Labute approximate surface area is 185 Å². The standard InChI is InChI=1S/C23H45IN.ClH/c1-5-9-11-13-15-17-21-25(20-8-4,23(24)19-7-3)22-18-16-14-12-10-6-2;/h4,23H,5-7,9-22H2,1-3H3;1H/q+1;/p-1. The Kier molecular flexibility index (Phi) is 22.4. The van der Waals surface area contributed by atoms with Gasteiger partial charge in [0, 0.05) is 6.42 Å². The summed E-state index contributed by atoms with van der Waals surface area (Å²) < 4.78 is 1.86. The predicted octanol–water partition coefficient (Wildman–Crippen LogP) is 4.72. The predicted molar refractivity (Wildman–Crippen MR) is 123 cm³/mol. The highest BCUT2D eigenvalue weighted by molar-refractivity contribution is 14.1. The van der Waals surface area contributed by atoms with E-state index in [1.165, 1.54) is 107 Å². The second-order valence-corrected chi connectivity index (χ2v) is 9.22. The van der Waals surface area contributed by atoms with E-state index in [0.29, 0.717) is 4.05 Å². The fraction of sp³-hybridized carbons (Fsp3) is 0.913. The third-order valence-electron chi connectivity index (χ3n) is 5.44. The molecule has 0 N–H and O–H groups in total. The summed E-state index contributed by atoms with van der Waals surface area (Å²) >= 11 is 2.71. The van der Waals surface area contributed by atoms with E-state index >= 15 is 0 Å². The third-order valence-corrected chi connectivity index (χ3v) is 7.25. The highest BCUT2D eigenvalue weighted by Gasteiger charge is 2.32. The molecule has 1 nitrogen and oxygen atoms in total. The van der Waals surface area contributed by atoms with E-state index < -0.39 is 0 Å². The molecule has 0 rings (SSSR count). The quantitative estimate of drug-likeness (QED) is 0.0642. The summed E-state index contributed by atoms with van der Waals surface area (Å²) in [5, 5.41) is 0. The number of unbranched alkanes of at least 4 members (excludes halogenated alkanes) is 10. The van der Waals surface area contributed by atoms with Crippen molar-refractivity contribution < 1.29 is 16.9 Å². The molecule has 0 aromatic carbocycles.